The van der Waals surface area contributed by atoms with Crippen LogP contribution in [0, 0.1) is 12.7 Å². The number of sulfonamides is 1. The molecule has 0 unspecified atom stereocenters. The van der Waals surface area contributed by atoms with Gasteiger partial charge in [0.25, 0.3) is 10.0 Å². The molecular weight excluding hydrogens is 293 g/mol. The van der Waals surface area contributed by atoms with Gasteiger partial charge >= 0.3 is 0 Å². The van der Waals surface area contributed by atoms with Crippen LogP contribution in [0.3, 0.4) is 0 Å². The van der Waals surface area contributed by atoms with Crippen molar-refractivity contribution >= 4 is 27.4 Å². The third-order valence-corrected chi connectivity index (χ3v) is 4.11. The number of hydrogen-bond donors (Lipinski definition) is 1. The van der Waals surface area contributed by atoms with Gasteiger partial charge in [0.1, 0.15) is 10.7 Å². The largest absolute Gasteiger partial charge is 0.266 e. The van der Waals surface area contributed by atoms with Crippen LogP contribution in [-0.2, 0) is 17.1 Å². The number of halogens is 2. The summed E-state index contributed by atoms with van der Waals surface area (Å²) in [5.41, 5.74) is 0.645. The minimum atomic E-state index is -4.05. The number of hydrogen-bond acceptors (Lipinski definition) is 3. The van der Waals surface area contributed by atoms with Gasteiger partial charge in [-0.25, -0.2) is 12.8 Å². The molecule has 0 atom stereocenters. The monoisotopic (exact) mass is 303 g/mol. The summed E-state index contributed by atoms with van der Waals surface area (Å²) in [6.45, 7) is 1.72. The fraction of sp³-hybridized carbons (Fsp3) is 0.182. The second-order valence-electron chi connectivity index (χ2n) is 3.95. The summed E-state index contributed by atoms with van der Waals surface area (Å²) < 4.78 is 41.5. The molecular formula is C11H11ClFN3O2S. The predicted octanol–water partition coefficient (Wildman–Crippen LogP) is 2.32. The Morgan fingerprint density at radius 3 is 2.68 bits per heavy atom. The predicted molar refractivity (Wildman–Crippen MR) is 70.2 cm³/mol. The molecule has 0 saturated heterocycles. The van der Waals surface area contributed by atoms with Crippen molar-refractivity contribution in [3.63, 3.8) is 0 Å². The van der Waals surface area contributed by atoms with Gasteiger partial charge in [-0.05, 0) is 19.1 Å². The van der Waals surface area contributed by atoms with Gasteiger partial charge in [-0.1, -0.05) is 17.7 Å². The third-order valence-electron chi connectivity index (χ3n) is 2.45. The van der Waals surface area contributed by atoms with Crippen molar-refractivity contribution in [1.82, 2.24) is 9.78 Å². The average Bonchev–Trinajstić information content (AvgIpc) is 2.60. The first kappa shape index (κ1) is 13.8. The number of benzene rings is 1. The van der Waals surface area contributed by atoms with E-state index in [1.807, 2.05) is 0 Å². The number of anilines is 1. The summed E-state index contributed by atoms with van der Waals surface area (Å²) in [6.07, 6.45) is 0. The van der Waals surface area contributed by atoms with Crippen LogP contribution >= 0.6 is 11.6 Å². The minimum absolute atomic E-state index is 0.246. The highest BCUT2D eigenvalue weighted by Gasteiger charge is 2.22. The van der Waals surface area contributed by atoms with Crippen molar-refractivity contribution in [3.05, 3.63) is 40.8 Å². The van der Waals surface area contributed by atoms with Crippen LogP contribution in [-0.4, -0.2) is 18.2 Å². The van der Waals surface area contributed by atoms with Crippen LogP contribution in [0.1, 0.15) is 5.69 Å². The Hall–Kier alpha value is -1.60. The van der Waals surface area contributed by atoms with Crippen molar-refractivity contribution in [3.8, 4) is 0 Å². The van der Waals surface area contributed by atoms with Crippen LogP contribution < -0.4 is 4.72 Å². The van der Waals surface area contributed by atoms with E-state index in [0.717, 1.165) is 6.07 Å². The SMILES string of the molecule is Cc1cc(NS(=O)(=O)c2cccc(Cl)c2F)n(C)n1. The summed E-state index contributed by atoms with van der Waals surface area (Å²) in [5, 5.41) is 3.75. The van der Waals surface area contributed by atoms with Crippen LogP contribution in [0.15, 0.2) is 29.2 Å². The highest BCUT2D eigenvalue weighted by molar-refractivity contribution is 7.92. The smallest absolute Gasteiger partial charge is 0.263 e. The number of rotatable bonds is 3. The fourth-order valence-electron chi connectivity index (χ4n) is 1.59. The Labute approximate surface area is 115 Å². The molecule has 102 valence electrons. The molecule has 2 aromatic rings. The van der Waals surface area contributed by atoms with E-state index in [4.69, 9.17) is 11.6 Å². The number of aryl methyl sites for hydroxylation is 2. The van der Waals surface area contributed by atoms with E-state index in [-0.39, 0.29) is 10.8 Å². The van der Waals surface area contributed by atoms with Crippen LogP contribution in [0.25, 0.3) is 0 Å². The van der Waals surface area contributed by atoms with Crippen molar-refractivity contribution in [2.75, 3.05) is 4.72 Å². The molecule has 0 radical (unpaired) electrons. The van der Waals surface area contributed by atoms with Crippen LogP contribution in [0.4, 0.5) is 10.2 Å². The zero-order valence-electron chi connectivity index (χ0n) is 10.2. The highest BCUT2D eigenvalue weighted by atomic mass is 35.5. The van der Waals surface area contributed by atoms with Gasteiger partial charge in [-0.3, -0.25) is 9.40 Å². The average molecular weight is 304 g/mol. The Morgan fingerprint density at radius 1 is 1.42 bits per heavy atom. The maximum absolute atomic E-state index is 13.7. The quantitative estimate of drug-likeness (QED) is 0.946. The lowest BCUT2D eigenvalue weighted by Crippen LogP contribution is -2.16. The fourth-order valence-corrected chi connectivity index (χ4v) is 3.00. The first-order chi connectivity index (χ1) is 8.81. The normalized spacial score (nSPS) is 11.6. The summed E-state index contributed by atoms with van der Waals surface area (Å²) in [5.74, 6) is -0.729. The zero-order valence-corrected chi connectivity index (χ0v) is 11.8. The molecule has 8 heteroatoms. The highest BCUT2D eigenvalue weighted by Crippen LogP contribution is 2.24. The molecule has 0 fully saturated rings. The maximum atomic E-state index is 13.7. The maximum Gasteiger partial charge on any atom is 0.266 e. The summed E-state index contributed by atoms with van der Waals surface area (Å²) >= 11 is 5.57. The molecule has 0 aliphatic rings. The lowest BCUT2D eigenvalue weighted by molar-refractivity contribution is 0.570. The van der Waals surface area contributed by atoms with Crippen molar-refractivity contribution in [1.29, 1.82) is 0 Å². The standard InChI is InChI=1S/C11H11ClFN3O2S/c1-7-6-10(16(2)14-7)15-19(17,18)9-5-3-4-8(12)11(9)13/h3-6,15H,1-2H3. The molecule has 19 heavy (non-hydrogen) atoms. The van der Waals surface area contributed by atoms with E-state index in [2.05, 4.69) is 9.82 Å². The molecule has 0 bridgehead atoms. The van der Waals surface area contributed by atoms with Gasteiger partial charge in [0.05, 0.1) is 10.7 Å². The van der Waals surface area contributed by atoms with Gasteiger partial charge in [0, 0.05) is 13.1 Å². The van der Waals surface area contributed by atoms with Gasteiger partial charge in [0.15, 0.2) is 5.82 Å². The first-order valence-corrected chi connectivity index (χ1v) is 7.15. The molecule has 1 aromatic carbocycles. The molecule has 0 amide bonds. The van der Waals surface area contributed by atoms with E-state index in [1.165, 1.54) is 16.8 Å². The number of aromatic nitrogens is 2. The third kappa shape index (κ3) is 2.71. The van der Waals surface area contributed by atoms with Crippen molar-refractivity contribution < 1.29 is 12.8 Å². The molecule has 0 aliphatic heterocycles. The Balaban J connectivity index is 2.44. The van der Waals surface area contributed by atoms with Gasteiger partial charge in [-0.15, -0.1) is 0 Å². The molecule has 1 aromatic heterocycles. The Kier molecular flexibility index (Phi) is 3.51. The summed E-state index contributed by atoms with van der Waals surface area (Å²) in [7, 11) is -2.46. The number of nitrogens with one attached hydrogen (secondary N) is 1. The molecule has 5 nitrogen and oxygen atoms in total. The van der Waals surface area contributed by atoms with E-state index in [0.29, 0.717) is 5.69 Å². The van der Waals surface area contributed by atoms with Crippen LogP contribution in [0.2, 0.25) is 5.02 Å². The topological polar surface area (TPSA) is 64.0 Å². The Morgan fingerprint density at radius 2 is 2.11 bits per heavy atom. The molecule has 1 N–H and O–H groups in total. The van der Waals surface area contributed by atoms with E-state index >= 15 is 0 Å². The lowest BCUT2D eigenvalue weighted by atomic mass is 10.3. The zero-order chi connectivity index (χ0) is 14.2. The van der Waals surface area contributed by atoms with Gasteiger partial charge < -0.3 is 0 Å². The summed E-state index contributed by atoms with van der Waals surface area (Å²) in [4.78, 5) is -0.501. The van der Waals surface area contributed by atoms with Crippen LogP contribution in [0.5, 0.6) is 0 Å². The van der Waals surface area contributed by atoms with Crippen molar-refractivity contribution in [2.45, 2.75) is 11.8 Å². The van der Waals surface area contributed by atoms with Gasteiger partial charge in [-0.2, -0.15) is 5.10 Å². The minimum Gasteiger partial charge on any atom is -0.263 e. The summed E-state index contributed by atoms with van der Waals surface area (Å²) in [6, 6.07) is 5.34. The number of nitrogens with zero attached hydrogens (tertiary/aromatic N) is 2. The van der Waals surface area contributed by atoms with E-state index in [1.54, 1.807) is 20.0 Å². The molecule has 0 spiro atoms. The van der Waals surface area contributed by atoms with E-state index < -0.39 is 20.7 Å². The molecule has 0 aliphatic carbocycles. The Bertz CT molecular complexity index is 728. The van der Waals surface area contributed by atoms with Gasteiger partial charge in [0.2, 0.25) is 0 Å². The van der Waals surface area contributed by atoms with E-state index in [9.17, 15) is 12.8 Å². The first-order valence-electron chi connectivity index (χ1n) is 5.29. The molecule has 2 rings (SSSR count). The lowest BCUT2D eigenvalue weighted by Gasteiger charge is -2.09. The molecule has 0 saturated carbocycles. The second-order valence-corrected chi connectivity index (χ2v) is 6.01. The molecule has 1 heterocycles. The second kappa shape index (κ2) is 4.82. The van der Waals surface area contributed by atoms with Crippen molar-refractivity contribution in [2.24, 2.45) is 7.05 Å².